The van der Waals surface area contributed by atoms with Gasteiger partial charge in [-0.25, -0.2) is 4.79 Å². The van der Waals surface area contributed by atoms with Crippen LogP contribution in [0, 0.1) is 0 Å². The van der Waals surface area contributed by atoms with Gasteiger partial charge >= 0.3 is 6.03 Å². The summed E-state index contributed by atoms with van der Waals surface area (Å²) in [6.07, 6.45) is 1.76. The highest BCUT2D eigenvalue weighted by atomic mass is 32.1. The molecule has 1 unspecified atom stereocenters. The first-order valence-electron chi connectivity index (χ1n) is 11.4. The number of hydrogen-bond donors (Lipinski definition) is 1. The van der Waals surface area contributed by atoms with Gasteiger partial charge in [0.2, 0.25) is 5.82 Å². The summed E-state index contributed by atoms with van der Waals surface area (Å²) in [5.41, 5.74) is 4.77. The van der Waals surface area contributed by atoms with Crippen molar-refractivity contribution < 1.29 is 9.32 Å². The molecule has 1 N–H and O–H groups in total. The summed E-state index contributed by atoms with van der Waals surface area (Å²) in [5.74, 6) is 0.953. The fraction of sp³-hybridized carbons (Fsp3) is 0.222. The van der Waals surface area contributed by atoms with Crippen molar-refractivity contribution in [1.82, 2.24) is 20.4 Å². The Morgan fingerprint density at radius 2 is 1.85 bits per heavy atom. The summed E-state index contributed by atoms with van der Waals surface area (Å²) in [6.45, 7) is 4.66. The molecular formula is C27H26N4O2S. The molecule has 0 spiro atoms. The summed E-state index contributed by atoms with van der Waals surface area (Å²) in [7, 11) is 0. The number of allylic oxidation sites excluding steroid dienone is 1. The molecule has 1 aliphatic heterocycles. The molecule has 5 rings (SSSR count). The van der Waals surface area contributed by atoms with Crippen molar-refractivity contribution in [2.45, 2.75) is 32.7 Å². The molecule has 2 aromatic carbocycles. The number of thiophene rings is 1. The number of benzene rings is 2. The van der Waals surface area contributed by atoms with Crippen LogP contribution in [0.25, 0.3) is 17.0 Å². The number of aryl methyl sites for hydroxylation is 1. The van der Waals surface area contributed by atoms with E-state index in [1.807, 2.05) is 55.5 Å². The van der Waals surface area contributed by atoms with Crippen molar-refractivity contribution >= 4 is 22.9 Å². The molecule has 0 bridgehead atoms. The van der Waals surface area contributed by atoms with E-state index in [0.29, 0.717) is 18.3 Å². The first-order valence-corrected chi connectivity index (χ1v) is 12.3. The molecule has 2 aromatic heterocycles. The Balaban J connectivity index is 1.53. The van der Waals surface area contributed by atoms with E-state index in [9.17, 15) is 4.79 Å². The normalized spacial score (nSPS) is 16.1. The predicted octanol–water partition coefficient (Wildman–Crippen LogP) is 6.10. The van der Waals surface area contributed by atoms with Crippen LogP contribution in [-0.4, -0.2) is 27.6 Å². The zero-order chi connectivity index (χ0) is 23.5. The van der Waals surface area contributed by atoms with Crippen LogP contribution < -0.4 is 5.32 Å². The van der Waals surface area contributed by atoms with Crippen molar-refractivity contribution in [1.29, 1.82) is 0 Å². The van der Waals surface area contributed by atoms with Gasteiger partial charge < -0.3 is 9.84 Å². The highest BCUT2D eigenvalue weighted by molar-refractivity contribution is 7.09. The van der Waals surface area contributed by atoms with Crippen LogP contribution in [0.15, 0.2) is 82.3 Å². The second kappa shape index (κ2) is 9.65. The van der Waals surface area contributed by atoms with Gasteiger partial charge in [0.05, 0.1) is 11.6 Å². The number of nitrogens with one attached hydrogen (secondary N) is 1. The molecule has 6 nitrogen and oxygen atoms in total. The van der Waals surface area contributed by atoms with Crippen LogP contribution in [0.5, 0.6) is 0 Å². The lowest BCUT2D eigenvalue weighted by Gasteiger charge is -2.35. The van der Waals surface area contributed by atoms with Crippen LogP contribution in [0.2, 0.25) is 0 Å². The maximum atomic E-state index is 13.1. The average Bonchev–Trinajstić information content (AvgIpc) is 3.57. The molecule has 1 atom stereocenters. The largest absolute Gasteiger partial charge is 0.334 e. The Hall–Kier alpha value is -3.71. The quantitative estimate of drug-likeness (QED) is 0.354. The van der Waals surface area contributed by atoms with Gasteiger partial charge in [0.15, 0.2) is 0 Å². The second-order valence-corrected chi connectivity index (χ2v) is 9.28. The zero-order valence-corrected chi connectivity index (χ0v) is 20.0. The Morgan fingerprint density at radius 1 is 1.06 bits per heavy atom. The maximum absolute atomic E-state index is 13.1. The molecule has 7 heteroatoms. The number of nitrogens with zero attached hydrogens (tertiary/aromatic N) is 3. The minimum atomic E-state index is -0.373. The van der Waals surface area contributed by atoms with Crippen molar-refractivity contribution in [2.24, 2.45) is 0 Å². The average molecular weight is 471 g/mol. The SMILES string of the molecule is CCc1ccc(-c2noc(C3=C(C)N(CCc4cccs4)C(=O)NC3c3ccccc3)n2)cc1. The monoisotopic (exact) mass is 470 g/mol. The van der Waals surface area contributed by atoms with E-state index in [4.69, 9.17) is 9.51 Å². The summed E-state index contributed by atoms with van der Waals surface area (Å²) in [4.78, 5) is 20.9. The summed E-state index contributed by atoms with van der Waals surface area (Å²) in [6, 6.07) is 21.7. The molecule has 34 heavy (non-hydrogen) atoms. The van der Waals surface area contributed by atoms with Gasteiger partial charge in [-0.1, -0.05) is 72.7 Å². The fourth-order valence-electron chi connectivity index (χ4n) is 4.24. The molecule has 0 saturated carbocycles. The van der Waals surface area contributed by atoms with Gasteiger partial charge in [0.1, 0.15) is 0 Å². The van der Waals surface area contributed by atoms with E-state index in [1.54, 1.807) is 16.2 Å². The van der Waals surface area contributed by atoms with Gasteiger partial charge in [-0.15, -0.1) is 11.3 Å². The lowest BCUT2D eigenvalue weighted by Crippen LogP contribution is -2.46. The van der Waals surface area contributed by atoms with E-state index in [1.165, 1.54) is 10.4 Å². The smallest absolute Gasteiger partial charge is 0.322 e. The Labute approximate surface area is 202 Å². The first-order chi connectivity index (χ1) is 16.6. The van der Waals surface area contributed by atoms with Crippen LogP contribution in [0.1, 0.15) is 41.8 Å². The lowest BCUT2D eigenvalue weighted by molar-refractivity contribution is 0.205. The topological polar surface area (TPSA) is 71.3 Å². The Kier molecular flexibility index (Phi) is 6.27. The number of urea groups is 1. The van der Waals surface area contributed by atoms with Crippen molar-refractivity contribution in [3.8, 4) is 11.4 Å². The van der Waals surface area contributed by atoms with Gasteiger partial charge in [0.25, 0.3) is 5.89 Å². The number of hydrogen-bond acceptors (Lipinski definition) is 5. The predicted molar refractivity (Wildman–Crippen MR) is 134 cm³/mol. The molecule has 0 saturated heterocycles. The Bertz CT molecular complexity index is 1290. The summed E-state index contributed by atoms with van der Waals surface area (Å²) < 4.78 is 5.78. The van der Waals surface area contributed by atoms with Gasteiger partial charge in [0, 0.05) is 22.7 Å². The molecule has 3 heterocycles. The minimum absolute atomic E-state index is 0.124. The third kappa shape index (κ3) is 4.39. The van der Waals surface area contributed by atoms with Gasteiger partial charge in [-0.05, 0) is 42.3 Å². The van der Waals surface area contributed by atoms with Crippen molar-refractivity contribution in [3.63, 3.8) is 0 Å². The van der Waals surface area contributed by atoms with E-state index < -0.39 is 0 Å². The highest BCUT2D eigenvalue weighted by Gasteiger charge is 2.35. The van der Waals surface area contributed by atoms with E-state index >= 15 is 0 Å². The second-order valence-electron chi connectivity index (χ2n) is 8.25. The van der Waals surface area contributed by atoms with Gasteiger partial charge in [-0.2, -0.15) is 4.98 Å². The number of amides is 2. The van der Waals surface area contributed by atoms with E-state index in [2.05, 4.69) is 41.0 Å². The zero-order valence-electron chi connectivity index (χ0n) is 19.2. The molecule has 1 aliphatic rings. The standard InChI is InChI=1S/C27H26N4O2S/c1-3-19-11-13-21(14-12-19)25-29-26(33-30-25)23-18(2)31(16-15-22-10-7-17-34-22)27(32)28-24(23)20-8-5-4-6-9-20/h4-14,17,24H,3,15-16H2,1-2H3,(H,28,32). The molecule has 2 amide bonds. The highest BCUT2D eigenvalue weighted by Crippen LogP contribution is 2.37. The number of rotatable bonds is 7. The Morgan fingerprint density at radius 3 is 2.56 bits per heavy atom. The van der Waals surface area contributed by atoms with Crippen LogP contribution in [0.4, 0.5) is 4.79 Å². The van der Waals surface area contributed by atoms with E-state index in [-0.39, 0.29) is 12.1 Å². The van der Waals surface area contributed by atoms with Crippen LogP contribution >= 0.6 is 11.3 Å². The minimum Gasteiger partial charge on any atom is -0.334 e. The summed E-state index contributed by atoms with van der Waals surface area (Å²) in [5, 5.41) is 9.47. The number of carbonyl (C=O) groups excluding carboxylic acids is 1. The number of carbonyl (C=O) groups is 1. The third-order valence-electron chi connectivity index (χ3n) is 6.17. The third-order valence-corrected chi connectivity index (χ3v) is 7.10. The molecule has 0 radical (unpaired) electrons. The van der Waals surface area contributed by atoms with Crippen LogP contribution in [0.3, 0.4) is 0 Å². The van der Waals surface area contributed by atoms with Crippen molar-refractivity contribution in [2.75, 3.05) is 6.54 Å². The molecular weight excluding hydrogens is 444 g/mol. The molecule has 0 aliphatic carbocycles. The van der Waals surface area contributed by atoms with Gasteiger partial charge in [-0.3, -0.25) is 4.90 Å². The van der Waals surface area contributed by atoms with E-state index in [0.717, 1.165) is 35.2 Å². The molecule has 0 fully saturated rings. The molecule has 4 aromatic rings. The molecule has 172 valence electrons. The maximum Gasteiger partial charge on any atom is 0.322 e. The first kappa shape index (κ1) is 22.1. The number of aromatic nitrogens is 2. The fourth-order valence-corrected chi connectivity index (χ4v) is 4.94. The summed E-state index contributed by atoms with van der Waals surface area (Å²) >= 11 is 1.70. The lowest BCUT2D eigenvalue weighted by atomic mass is 9.94. The van der Waals surface area contributed by atoms with Crippen LogP contribution in [-0.2, 0) is 12.8 Å². The van der Waals surface area contributed by atoms with Crippen molar-refractivity contribution in [3.05, 3.63) is 99.7 Å².